The summed E-state index contributed by atoms with van der Waals surface area (Å²) in [5, 5.41) is 4.16. The molecule has 1 saturated heterocycles. The van der Waals surface area contributed by atoms with E-state index < -0.39 is 0 Å². The quantitative estimate of drug-likeness (QED) is 0.618. The zero-order valence-corrected chi connectivity index (χ0v) is 17.7. The summed E-state index contributed by atoms with van der Waals surface area (Å²) in [5.74, 6) is 1.89. The van der Waals surface area contributed by atoms with Gasteiger partial charge in [0, 0.05) is 44.2 Å². The number of methoxy groups -OCH3 is 1. The Bertz CT molecular complexity index is 1010. The molecule has 2 aromatic carbocycles. The summed E-state index contributed by atoms with van der Waals surface area (Å²) in [6.07, 6.45) is 0.388. The third-order valence-corrected chi connectivity index (χ3v) is 5.66. The average molecular weight is 406 g/mol. The number of anilines is 1. The molecule has 4 rings (SSSR count). The van der Waals surface area contributed by atoms with Gasteiger partial charge in [-0.2, -0.15) is 4.98 Å². The molecule has 3 aromatic rings. The number of hydrogen-bond acceptors (Lipinski definition) is 6. The first-order valence-corrected chi connectivity index (χ1v) is 10.0. The molecule has 1 amide bonds. The Morgan fingerprint density at radius 1 is 1.13 bits per heavy atom. The third kappa shape index (κ3) is 3.87. The maximum absolute atomic E-state index is 12.7. The molecule has 30 heavy (non-hydrogen) atoms. The van der Waals surface area contributed by atoms with Gasteiger partial charge in [-0.25, -0.2) is 0 Å². The van der Waals surface area contributed by atoms with Gasteiger partial charge in [0.25, 0.3) is 5.89 Å². The minimum atomic E-state index is -0.0725. The first kappa shape index (κ1) is 19.9. The van der Waals surface area contributed by atoms with Crippen LogP contribution in [0.25, 0.3) is 11.5 Å². The number of carbonyl (C=O) groups excluding carboxylic acids is 1. The maximum Gasteiger partial charge on any atom is 0.257 e. The number of carbonyl (C=O) groups is 1. The lowest BCUT2D eigenvalue weighted by Crippen LogP contribution is -2.28. The highest BCUT2D eigenvalue weighted by atomic mass is 16.5. The highest BCUT2D eigenvalue weighted by Gasteiger charge is 2.36. The summed E-state index contributed by atoms with van der Waals surface area (Å²) in [7, 11) is 5.63. The molecule has 7 nitrogen and oxygen atoms in total. The molecule has 0 aliphatic carbocycles. The molecule has 2 atom stereocenters. The third-order valence-electron chi connectivity index (χ3n) is 5.66. The average Bonchev–Trinajstić information content (AvgIpc) is 3.40. The monoisotopic (exact) mass is 406 g/mol. The van der Waals surface area contributed by atoms with Crippen molar-refractivity contribution < 1.29 is 14.1 Å². The van der Waals surface area contributed by atoms with Crippen molar-refractivity contribution in [3.63, 3.8) is 0 Å². The van der Waals surface area contributed by atoms with Crippen molar-refractivity contribution in [2.45, 2.75) is 25.3 Å². The van der Waals surface area contributed by atoms with E-state index >= 15 is 0 Å². The van der Waals surface area contributed by atoms with Gasteiger partial charge in [0.15, 0.2) is 5.82 Å². The molecule has 1 fully saturated rings. The van der Waals surface area contributed by atoms with Gasteiger partial charge in [0.2, 0.25) is 5.91 Å². The van der Waals surface area contributed by atoms with Crippen LogP contribution in [0.4, 0.5) is 5.69 Å². The highest BCUT2D eigenvalue weighted by Crippen LogP contribution is 2.34. The minimum Gasteiger partial charge on any atom is -0.497 e. The summed E-state index contributed by atoms with van der Waals surface area (Å²) in [6, 6.07) is 15.7. The number of rotatable bonds is 6. The topological polar surface area (TPSA) is 71.7 Å². The second-order valence-electron chi connectivity index (χ2n) is 7.80. The number of hydrogen-bond donors (Lipinski definition) is 0. The first-order valence-electron chi connectivity index (χ1n) is 10.0. The normalized spacial score (nSPS) is 17.3. The SMILES string of the molecule is COc1ccc(C(C)N2CC(c3noc(-c4ccc(N(C)C)cc4)n3)CC2=O)cc1. The Balaban J connectivity index is 1.47. The van der Waals surface area contributed by atoms with Crippen LogP contribution in [0.1, 0.15) is 36.7 Å². The molecule has 0 saturated carbocycles. The van der Waals surface area contributed by atoms with E-state index in [1.54, 1.807) is 7.11 Å². The Morgan fingerprint density at radius 2 is 1.83 bits per heavy atom. The van der Waals surface area contributed by atoms with Crippen LogP contribution in [0, 0.1) is 0 Å². The standard InChI is InChI=1S/C23H26N4O3/c1-15(16-7-11-20(29-4)12-8-16)27-14-18(13-21(27)28)22-24-23(30-25-22)17-5-9-19(10-6-17)26(2)3/h5-12,15,18H,13-14H2,1-4H3. The summed E-state index contributed by atoms with van der Waals surface area (Å²) in [6.45, 7) is 2.61. The molecule has 1 aliphatic rings. The van der Waals surface area contributed by atoms with Gasteiger partial charge in [-0.15, -0.1) is 0 Å². The lowest BCUT2D eigenvalue weighted by Gasteiger charge is -2.25. The van der Waals surface area contributed by atoms with E-state index in [-0.39, 0.29) is 17.9 Å². The fourth-order valence-electron chi connectivity index (χ4n) is 3.76. The molecule has 0 bridgehead atoms. The molecule has 1 aromatic heterocycles. The summed E-state index contributed by atoms with van der Waals surface area (Å²) < 4.78 is 10.7. The second kappa shape index (κ2) is 8.18. The van der Waals surface area contributed by atoms with E-state index in [0.717, 1.165) is 22.6 Å². The van der Waals surface area contributed by atoms with Crippen molar-refractivity contribution in [2.75, 3.05) is 32.6 Å². The fourth-order valence-corrected chi connectivity index (χ4v) is 3.76. The van der Waals surface area contributed by atoms with E-state index in [2.05, 4.69) is 10.1 Å². The number of amides is 1. The number of aromatic nitrogens is 2. The molecule has 0 N–H and O–H groups in total. The van der Waals surface area contributed by atoms with E-state index in [9.17, 15) is 4.79 Å². The van der Waals surface area contributed by atoms with Crippen molar-refractivity contribution in [1.82, 2.24) is 15.0 Å². The van der Waals surface area contributed by atoms with Crippen LogP contribution in [-0.2, 0) is 4.79 Å². The number of ether oxygens (including phenoxy) is 1. The molecule has 2 unspecified atom stereocenters. The number of benzene rings is 2. The van der Waals surface area contributed by atoms with Crippen molar-refractivity contribution in [2.24, 2.45) is 0 Å². The van der Waals surface area contributed by atoms with Gasteiger partial charge in [-0.3, -0.25) is 4.79 Å². The highest BCUT2D eigenvalue weighted by molar-refractivity contribution is 5.80. The lowest BCUT2D eigenvalue weighted by molar-refractivity contribution is -0.129. The Hall–Kier alpha value is -3.35. The van der Waals surface area contributed by atoms with Gasteiger partial charge in [-0.1, -0.05) is 17.3 Å². The molecular weight excluding hydrogens is 380 g/mol. The van der Waals surface area contributed by atoms with E-state index in [4.69, 9.17) is 9.26 Å². The van der Waals surface area contributed by atoms with Crippen molar-refractivity contribution >= 4 is 11.6 Å². The van der Waals surface area contributed by atoms with Crippen LogP contribution in [0.5, 0.6) is 5.75 Å². The molecule has 0 radical (unpaired) electrons. The summed E-state index contributed by atoms with van der Waals surface area (Å²) >= 11 is 0. The predicted molar refractivity (Wildman–Crippen MR) is 115 cm³/mol. The Labute approximate surface area is 176 Å². The summed E-state index contributed by atoms with van der Waals surface area (Å²) in [4.78, 5) is 21.2. The molecule has 0 spiro atoms. The zero-order valence-electron chi connectivity index (χ0n) is 17.7. The van der Waals surface area contributed by atoms with E-state index in [0.29, 0.717) is 24.7 Å². The molecule has 7 heteroatoms. The van der Waals surface area contributed by atoms with E-state index in [1.165, 1.54) is 0 Å². The van der Waals surface area contributed by atoms with Crippen LogP contribution in [-0.4, -0.2) is 48.7 Å². The largest absolute Gasteiger partial charge is 0.497 e. The van der Waals surface area contributed by atoms with Crippen LogP contribution >= 0.6 is 0 Å². The fraction of sp³-hybridized carbons (Fsp3) is 0.348. The molecule has 2 heterocycles. The molecular formula is C23H26N4O3. The van der Waals surface area contributed by atoms with E-state index in [1.807, 2.05) is 79.3 Å². The predicted octanol–water partition coefficient (Wildman–Crippen LogP) is 3.89. The van der Waals surface area contributed by atoms with Gasteiger partial charge in [0.1, 0.15) is 5.75 Å². The molecule has 1 aliphatic heterocycles. The smallest absolute Gasteiger partial charge is 0.257 e. The summed E-state index contributed by atoms with van der Waals surface area (Å²) in [5.41, 5.74) is 3.04. The van der Waals surface area contributed by atoms with Gasteiger partial charge in [-0.05, 0) is 48.9 Å². The Kier molecular flexibility index (Phi) is 5.44. The van der Waals surface area contributed by atoms with Crippen LogP contribution in [0.15, 0.2) is 53.1 Å². The zero-order chi connectivity index (χ0) is 21.3. The maximum atomic E-state index is 12.7. The van der Waals surface area contributed by atoms with Crippen molar-refractivity contribution in [3.8, 4) is 17.2 Å². The second-order valence-corrected chi connectivity index (χ2v) is 7.80. The van der Waals surface area contributed by atoms with Crippen LogP contribution in [0.3, 0.4) is 0 Å². The first-order chi connectivity index (χ1) is 14.5. The van der Waals surface area contributed by atoms with Gasteiger partial charge >= 0.3 is 0 Å². The van der Waals surface area contributed by atoms with Gasteiger partial charge < -0.3 is 19.1 Å². The number of nitrogens with zero attached hydrogens (tertiary/aromatic N) is 4. The van der Waals surface area contributed by atoms with Crippen LogP contribution < -0.4 is 9.64 Å². The van der Waals surface area contributed by atoms with Crippen molar-refractivity contribution in [1.29, 1.82) is 0 Å². The minimum absolute atomic E-state index is 0.0293. The van der Waals surface area contributed by atoms with Crippen molar-refractivity contribution in [3.05, 3.63) is 59.9 Å². The van der Waals surface area contributed by atoms with Gasteiger partial charge in [0.05, 0.1) is 13.2 Å². The number of likely N-dealkylation sites (tertiary alicyclic amines) is 1. The van der Waals surface area contributed by atoms with Crippen LogP contribution in [0.2, 0.25) is 0 Å². The molecule has 156 valence electrons. The Morgan fingerprint density at radius 3 is 2.47 bits per heavy atom. The lowest BCUT2D eigenvalue weighted by atomic mass is 10.1.